The molecule has 1 N–H and O–H groups in total. The first kappa shape index (κ1) is 15.5. The highest BCUT2D eigenvalue weighted by atomic mass is 32.2. The molecule has 1 aliphatic heterocycles. The number of amides is 2. The lowest BCUT2D eigenvalue weighted by Crippen LogP contribution is -2.34. The van der Waals surface area contributed by atoms with E-state index in [9.17, 15) is 14.4 Å². The molecule has 2 amide bonds. The Labute approximate surface area is 125 Å². The number of nitrogens with zero attached hydrogens (tertiary/aromatic N) is 2. The summed E-state index contributed by atoms with van der Waals surface area (Å²) in [5.41, 5.74) is 0.0260. The number of carboxylic acids is 1. The summed E-state index contributed by atoms with van der Waals surface area (Å²) < 4.78 is 4.86. The quantitative estimate of drug-likeness (QED) is 0.770. The van der Waals surface area contributed by atoms with Crippen LogP contribution in [0, 0.1) is 0 Å². The summed E-state index contributed by atoms with van der Waals surface area (Å²) in [6.45, 7) is 0.484. The third-order valence-electron chi connectivity index (χ3n) is 2.98. The molecule has 1 aromatic rings. The van der Waals surface area contributed by atoms with Gasteiger partial charge in [0.2, 0.25) is 11.8 Å². The van der Waals surface area contributed by atoms with Crippen LogP contribution in [0.5, 0.6) is 0 Å². The fraction of sp³-hybridized carbons (Fsp3) is 0.385. The van der Waals surface area contributed by atoms with Gasteiger partial charge in [-0.25, -0.2) is 9.78 Å². The Hall–Kier alpha value is -1.93. The van der Waals surface area contributed by atoms with Gasteiger partial charge in [0.05, 0.1) is 24.0 Å². The highest BCUT2D eigenvalue weighted by Gasteiger charge is 2.39. The van der Waals surface area contributed by atoms with E-state index in [2.05, 4.69) is 4.98 Å². The van der Waals surface area contributed by atoms with Crippen molar-refractivity contribution in [2.24, 2.45) is 0 Å². The summed E-state index contributed by atoms with van der Waals surface area (Å²) >= 11 is 1.01. The van der Waals surface area contributed by atoms with E-state index in [0.29, 0.717) is 0 Å². The summed E-state index contributed by atoms with van der Waals surface area (Å²) in [6.07, 6.45) is 1.50. The van der Waals surface area contributed by atoms with Gasteiger partial charge in [-0.1, -0.05) is 11.8 Å². The SMILES string of the molecule is COCCN1C(=O)C[C@@H](Sc2ncccc2C(=O)O)C1=O. The smallest absolute Gasteiger partial charge is 0.338 e. The van der Waals surface area contributed by atoms with E-state index in [1.807, 2.05) is 0 Å². The number of thioether (sulfide) groups is 1. The van der Waals surface area contributed by atoms with E-state index in [4.69, 9.17) is 9.84 Å². The second-order valence-corrected chi connectivity index (χ2v) is 5.54. The monoisotopic (exact) mass is 310 g/mol. The average Bonchev–Trinajstić information content (AvgIpc) is 2.72. The molecule has 2 heterocycles. The maximum absolute atomic E-state index is 12.2. The number of hydrogen-bond acceptors (Lipinski definition) is 6. The Morgan fingerprint density at radius 3 is 3.00 bits per heavy atom. The maximum Gasteiger partial charge on any atom is 0.338 e. The van der Waals surface area contributed by atoms with E-state index < -0.39 is 11.2 Å². The number of carbonyl (C=O) groups is 3. The molecule has 21 heavy (non-hydrogen) atoms. The molecule has 2 rings (SSSR count). The Kier molecular flexibility index (Phi) is 4.92. The molecule has 0 aliphatic carbocycles. The second kappa shape index (κ2) is 6.68. The second-order valence-electron chi connectivity index (χ2n) is 4.35. The minimum Gasteiger partial charge on any atom is -0.478 e. The zero-order valence-corrected chi connectivity index (χ0v) is 12.1. The molecular weight excluding hydrogens is 296 g/mol. The van der Waals surface area contributed by atoms with E-state index in [0.717, 1.165) is 16.7 Å². The summed E-state index contributed by atoms with van der Waals surface area (Å²) in [7, 11) is 1.49. The van der Waals surface area contributed by atoms with Crippen molar-refractivity contribution >= 4 is 29.5 Å². The highest BCUT2D eigenvalue weighted by Crippen LogP contribution is 2.32. The molecule has 112 valence electrons. The highest BCUT2D eigenvalue weighted by molar-refractivity contribution is 8.00. The molecule has 1 saturated heterocycles. The van der Waals surface area contributed by atoms with E-state index in [-0.39, 0.29) is 42.0 Å². The number of carbonyl (C=O) groups excluding carboxylic acids is 2. The number of hydrogen-bond donors (Lipinski definition) is 1. The average molecular weight is 310 g/mol. The van der Waals surface area contributed by atoms with Gasteiger partial charge in [0.15, 0.2) is 0 Å². The van der Waals surface area contributed by atoms with Crippen molar-refractivity contribution in [2.45, 2.75) is 16.7 Å². The molecule has 0 aromatic carbocycles. The van der Waals surface area contributed by atoms with Crippen molar-refractivity contribution in [2.75, 3.05) is 20.3 Å². The van der Waals surface area contributed by atoms with Crippen LogP contribution < -0.4 is 0 Å². The Bertz CT molecular complexity index is 577. The summed E-state index contributed by atoms with van der Waals surface area (Å²) in [6, 6.07) is 2.93. The molecule has 1 fully saturated rings. The normalized spacial score (nSPS) is 18.3. The molecule has 8 heteroatoms. The van der Waals surface area contributed by atoms with Crippen LogP contribution in [-0.4, -0.2) is 58.3 Å². The van der Waals surface area contributed by atoms with Crippen LogP contribution in [0.4, 0.5) is 0 Å². The molecule has 0 spiro atoms. The first-order valence-corrected chi connectivity index (χ1v) is 7.10. The third kappa shape index (κ3) is 3.40. The van der Waals surface area contributed by atoms with E-state index >= 15 is 0 Å². The lowest BCUT2D eigenvalue weighted by Gasteiger charge is -2.14. The molecular formula is C13H14N2O5S. The number of carboxylic acid groups (broad SMARTS) is 1. The van der Waals surface area contributed by atoms with Crippen LogP contribution >= 0.6 is 11.8 Å². The van der Waals surface area contributed by atoms with E-state index in [1.165, 1.54) is 25.4 Å². The third-order valence-corrected chi connectivity index (χ3v) is 4.18. The van der Waals surface area contributed by atoms with Crippen molar-refractivity contribution in [3.63, 3.8) is 0 Å². The molecule has 1 atom stereocenters. The molecule has 0 saturated carbocycles. The van der Waals surface area contributed by atoms with E-state index in [1.54, 1.807) is 0 Å². The van der Waals surface area contributed by atoms with Gasteiger partial charge in [-0.05, 0) is 12.1 Å². The Morgan fingerprint density at radius 2 is 2.33 bits per heavy atom. The van der Waals surface area contributed by atoms with Crippen molar-refractivity contribution in [3.05, 3.63) is 23.9 Å². The first-order valence-electron chi connectivity index (χ1n) is 6.22. The largest absolute Gasteiger partial charge is 0.478 e. The number of aromatic carboxylic acids is 1. The van der Waals surface area contributed by atoms with Crippen LogP contribution in [0.2, 0.25) is 0 Å². The van der Waals surface area contributed by atoms with Gasteiger partial charge in [-0.2, -0.15) is 0 Å². The zero-order valence-electron chi connectivity index (χ0n) is 11.3. The van der Waals surface area contributed by atoms with Gasteiger partial charge < -0.3 is 9.84 Å². The number of ether oxygens (including phenoxy) is 1. The van der Waals surface area contributed by atoms with Crippen LogP contribution in [0.25, 0.3) is 0 Å². The van der Waals surface area contributed by atoms with Gasteiger partial charge in [0.25, 0.3) is 0 Å². The molecule has 0 bridgehead atoms. The lowest BCUT2D eigenvalue weighted by molar-refractivity contribution is -0.138. The lowest BCUT2D eigenvalue weighted by atomic mass is 10.3. The van der Waals surface area contributed by atoms with Crippen LogP contribution in [-0.2, 0) is 14.3 Å². The van der Waals surface area contributed by atoms with Crippen molar-refractivity contribution in [1.82, 2.24) is 9.88 Å². The summed E-state index contributed by atoms with van der Waals surface area (Å²) in [4.78, 5) is 40.2. The van der Waals surface area contributed by atoms with Gasteiger partial charge in [0, 0.05) is 19.7 Å². The summed E-state index contributed by atoms with van der Waals surface area (Å²) in [5, 5.41) is 8.70. The van der Waals surface area contributed by atoms with Gasteiger partial charge in [0.1, 0.15) is 5.03 Å². The number of aromatic nitrogens is 1. The van der Waals surface area contributed by atoms with Crippen molar-refractivity contribution in [1.29, 1.82) is 0 Å². The minimum absolute atomic E-state index is 0.0260. The van der Waals surface area contributed by atoms with Crippen LogP contribution in [0.1, 0.15) is 16.8 Å². The predicted molar refractivity (Wildman–Crippen MR) is 74.1 cm³/mol. The molecule has 0 unspecified atom stereocenters. The van der Waals surface area contributed by atoms with Crippen LogP contribution in [0.3, 0.4) is 0 Å². The number of rotatable bonds is 6. The topological polar surface area (TPSA) is 96.8 Å². The van der Waals surface area contributed by atoms with Gasteiger partial charge in [-0.15, -0.1) is 0 Å². The van der Waals surface area contributed by atoms with Crippen molar-refractivity contribution in [3.8, 4) is 0 Å². The maximum atomic E-state index is 12.2. The Morgan fingerprint density at radius 1 is 1.57 bits per heavy atom. The zero-order chi connectivity index (χ0) is 15.4. The number of likely N-dealkylation sites (tertiary alicyclic amines) is 1. The first-order chi connectivity index (χ1) is 10.0. The molecule has 1 aliphatic rings. The van der Waals surface area contributed by atoms with Crippen LogP contribution in [0.15, 0.2) is 23.4 Å². The van der Waals surface area contributed by atoms with Gasteiger partial charge >= 0.3 is 5.97 Å². The predicted octanol–water partition coefficient (Wildman–Crippen LogP) is 0.646. The Balaban J connectivity index is 2.13. The number of imide groups is 1. The minimum atomic E-state index is -1.11. The standard InChI is InChI=1S/C13H14N2O5S/c1-20-6-5-15-10(16)7-9(12(15)17)21-11-8(13(18)19)3-2-4-14-11/h2-4,9H,5-7H2,1H3,(H,18,19)/t9-/m1/s1. The fourth-order valence-corrected chi connectivity index (χ4v) is 3.07. The van der Waals surface area contributed by atoms with Crippen molar-refractivity contribution < 1.29 is 24.2 Å². The molecule has 0 radical (unpaired) electrons. The van der Waals surface area contributed by atoms with Gasteiger partial charge in [-0.3, -0.25) is 14.5 Å². The number of pyridine rings is 1. The molecule has 7 nitrogen and oxygen atoms in total. The fourth-order valence-electron chi connectivity index (χ4n) is 1.94. The number of methoxy groups -OCH3 is 1. The molecule has 1 aromatic heterocycles. The summed E-state index contributed by atoms with van der Waals surface area (Å²) in [5.74, 6) is -1.72.